The number of rotatable bonds is 4. The lowest BCUT2D eigenvalue weighted by molar-refractivity contribution is -0.139. The van der Waals surface area contributed by atoms with Gasteiger partial charge in [-0.05, 0) is 40.5 Å². The Hall–Kier alpha value is -1.07. The van der Waals surface area contributed by atoms with Crippen LogP contribution < -0.4 is 5.32 Å². The highest BCUT2D eigenvalue weighted by atomic mass is 79.9. The number of carbonyl (C=O) groups excluding carboxylic acids is 1. The van der Waals surface area contributed by atoms with E-state index in [0.29, 0.717) is 21.5 Å². The number of carboxylic acids is 1. The minimum absolute atomic E-state index is 0.325. The zero-order chi connectivity index (χ0) is 13.0. The molecule has 17 heavy (non-hydrogen) atoms. The number of hydrogen-bond acceptors (Lipinski definition) is 2. The fourth-order valence-electron chi connectivity index (χ4n) is 1.22. The topological polar surface area (TPSA) is 66.4 Å². The van der Waals surface area contributed by atoms with Crippen molar-refractivity contribution in [2.24, 2.45) is 0 Å². The van der Waals surface area contributed by atoms with E-state index >= 15 is 0 Å². The largest absolute Gasteiger partial charge is 0.480 e. The number of nitrogens with one attached hydrogen (secondary N) is 1. The highest BCUT2D eigenvalue weighted by molar-refractivity contribution is 9.10. The van der Waals surface area contributed by atoms with Gasteiger partial charge < -0.3 is 10.4 Å². The van der Waals surface area contributed by atoms with E-state index in [4.69, 9.17) is 16.7 Å². The van der Waals surface area contributed by atoms with Gasteiger partial charge in [-0.15, -0.1) is 0 Å². The summed E-state index contributed by atoms with van der Waals surface area (Å²) in [4.78, 5) is 22.5. The number of halogens is 2. The third kappa shape index (κ3) is 3.71. The van der Waals surface area contributed by atoms with Gasteiger partial charge in [0, 0.05) is 10.0 Å². The molecule has 0 heterocycles. The molecule has 0 aliphatic heterocycles. The number of aliphatic carboxylic acids is 1. The van der Waals surface area contributed by atoms with Crippen molar-refractivity contribution in [1.82, 2.24) is 5.32 Å². The van der Waals surface area contributed by atoms with Crippen molar-refractivity contribution in [2.45, 2.75) is 19.4 Å². The normalized spacial score (nSPS) is 11.9. The third-order valence-corrected chi connectivity index (χ3v) is 3.43. The standard InChI is InChI=1S/C11H11BrClNO3/c1-2-9(11(16)17)14-10(15)6-3-4-7(12)8(13)5-6/h3-5,9H,2H2,1H3,(H,14,15)(H,16,17)/t9-/m1/s1. The molecular weight excluding hydrogens is 309 g/mol. The van der Waals surface area contributed by atoms with Crippen LogP contribution in [-0.2, 0) is 4.79 Å². The minimum atomic E-state index is -1.05. The Bertz CT molecular complexity index is 450. The predicted molar refractivity (Wildman–Crippen MR) is 68.3 cm³/mol. The summed E-state index contributed by atoms with van der Waals surface area (Å²) in [5, 5.41) is 11.6. The predicted octanol–water partition coefficient (Wildman–Crippen LogP) is 2.70. The molecule has 1 rings (SSSR count). The Morgan fingerprint density at radius 1 is 1.53 bits per heavy atom. The summed E-state index contributed by atoms with van der Waals surface area (Å²) in [5.41, 5.74) is 0.331. The zero-order valence-corrected chi connectivity index (χ0v) is 11.4. The summed E-state index contributed by atoms with van der Waals surface area (Å²) in [6.45, 7) is 1.69. The van der Waals surface area contributed by atoms with Crippen molar-refractivity contribution in [1.29, 1.82) is 0 Å². The van der Waals surface area contributed by atoms with Crippen LogP contribution in [0.15, 0.2) is 22.7 Å². The maximum Gasteiger partial charge on any atom is 0.326 e. The van der Waals surface area contributed by atoms with Gasteiger partial charge in [0.15, 0.2) is 0 Å². The summed E-state index contributed by atoms with van der Waals surface area (Å²) in [5.74, 6) is -1.50. The molecule has 1 amide bonds. The Morgan fingerprint density at radius 2 is 2.18 bits per heavy atom. The van der Waals surface area contributed by atoms with Gasteiger partial charge in [0.1, 0.15) is 6.04 Å². The molecule has 0 saturated heterocycles. The van der Waals surface area contributed by atoms with Gasteiger partial charge in [0.2, 0.25) is 0 Å². The van der Waals surface area contributed by atoms with E-state index in [2.05, 4.69) is 21.2 Å². The van der Waals surface area contributed by atoms with Crippen LogP contribution in [0.4, 0.5) is 0 Å². The Kier molecular flexibility index (Phi) is 4.96. The first kappa shape index (κ1) is 14.0. The lowest BCUT2D eigenvalue weighted by Gasteiger charge is -2.12. The number of carboxylic acid groups (broad SMARTS) is 1. The summed E-state index contributed by atoms with van der Waals surface area (Å²) in [6, 6.07) is 3.80. The molecule has 0 bridgehead atoms. The van der Waals surface area contributed by atoms with Crippen LogP contribution in [0, 0.1) is 0 Å². The summed E-state index contributed by atoms with van der Waals surface area (Å²) < 4.78 is 0.681. The lowest BCUT2D eigenvalue weighted by atomic mass is 10.1. The van der Waals surface area contributed by atoms with Gasteiger partial charge >= 0.3 is 5.97 Å². The van der Waals surface area contributed by atoms with Gasteiger partial charge in [-0.2, -0.15) is 0 Å². The average Bonchev–Trinajstić information content (AvgIpc) is 2.28. The van der Waals surface area contributed by atoms with Gasteiger partial charge in [0.05, 0.1) is 5.02 Å². The molecule has 1 aromatic carbocycles. The van der Waals surface area contributed by atoms with Crippen molar-refractivity contribution in [2.75, 3.05) is 0 Å². The van der Waals surface area contributed by atoms with Gasteiger partial charge in [0.25, 0.3) is 5.91 Å². The van der Waals surface area contributed by atoms with E-state index in [-0.39, 0.29) is 0 Å². The molecule has 4 nitrogen and oxygen atoms in total. The average molecular weight is 321 g/mol. The van der Waals surface area contributed by atoms with Crippen LogP contribution >= 0.6 is 27.5 Å². The molecule has 0 aromatic heterocycles. The second-order valence-corrected chi connectivity index (χ2v) is 4.66. The second-order valence-electron chi connectivity index (χ2n) is 3.40. The fourth-order valence-corrected chi connectivity index (χ4v) is 1.64. The molecule has 1 aromatic rings. The molecular formula is C11H11BrClNO3. The summed E-state index contributed by atoms with van der Waals surface area (Å²) >= 11 is 9.06. The third-order valence-electron chi connectivity index (χ3n) is 2.19. The summed E-state index contributed by atoms with van der Waals surface area (Å²) in [7, 11) is 0. The van der Waals surface area contributed by atoms with E-state index < -0.39 is 17.9 Å². The van der Waals surface area contributed by atoms with Crippen LogP contribution in [0.2, 0.25) is 5.02 Å². The van der Waals surface area contributed by atoms with Crippen LogP contribution in [-0.4, -0.2) is 23.0 Å². The maximum absolute atomic E-state index is 11.7. The van der Waals surface area contributed by atoms with Crippen molar-refractivity contribution < 1.29 is 14.7 Å². The molecule has 0 unspecified atom stereocenters. The fraction of sp³-hybridized carbons (Fsp3) is 0.273. The number of carbonyl (C=O) groups is 2. The van der Waals surface area contributed by atoms with E-state index in [9.17, 15) is 9.59 Å². The molecule has 0 spiro atoms. The van der Waals surface area contributed by atoms with E-state index in [1.807, 2.05) is 0 Å². The molecule has 0 radical (unpaired) electrons. The first-order chi connectivity index (χ1) is 7.95. The Balaban J connectivity index is 2.82. The minimum Gasteiger partial charge on any atom is -0.480 e. The quantitative estimate of drug-likeness (QED) is 0.896. The molecule has 2 N–H and O–H groups in total. The number of hydrogen-bond donors (Lipinski definition) is 2. The first-order valence-corrected chi connectivity index (χ1v) is 6.11. The highest BCUT2D eigenvalue weighted by Gasteiger charge is 2.18. The van der Waals surface area contributed by atoms with E-state index in [1.165, 1.54) is 6.07 Å². The molecule has 1 atom stereocenters. The van der Waals surface area contributed by atoms with Gasteiger partial charge in [-0.3, -0.25) is 4.79 Å². The molecule has 0 saturated carbocycles. The second kappa shape index (κ2) is 6.02. The first-order valence-electron chi connectivity index (χ1n) is 4.94. The van der Waals surface area contributed by atoms with E-state index in [1.54, 1.807) is 19.1 Å². The van der Waals surface area contributed by atoms with E-state index in [0.717, 1.165) is 0 Å². The van der Waals surface area contributed by atoms with Crippen molar-refractivity contribution in [3.63, 3.8) is 0 Å². The smallest absolute Gasteiger partial charge is 0.326 e. The van der Waals surface area contributed by atoms with Crippen LogP contribution in [0.1, 0.15) is 23.7 Å². The summed E-state index contributed by atoms with van der Waals surface area (Å²) in [6.07, 6.45) is 0.325. The van der Waals surface area contributed by atoms with Crippen LogP contribution in [0.3, 0.4) is 0 Å². The molecule has 92 valence electrons. The van der Waals surface area contributed by atoms with Crippen LogP contribution in [0.25, 0.3) is 0 Å². The Labute approximate surface area is 112 Å². The molecule has 6 heteroatoms. The van der Waals surface area contributed by atoms with Crippen molar-refractivity contribution in [3.05, 3.63) is 33.3 Å². The maximum atomic E-state index is 11.7. The number of amides is 1. The Morgan fingerprint density at radius 3 is 2.65 bits per heavy atom. The SMILES string of the molecule is CC[C@@H](NC(=O)c1ccc(Br)c(Cl)c1)C(=O)O. The van der Waals surface area contributed by atoms with Crippen LogP contribution in [0.5, 0.6) is 0 Å². The lowest BCUT2D eigenvalue weighted by Crippen LogP contribution is -2.40. The highest BCUT2D eigenvalue weighted by Crippen LogP contribution is 2.23. The number of benzene rings is 1. The monoisotopic (exact) mass is 319 g/mol. The van der Waals surface area contributed by atoms with Gasteiger partial charge in [-0.25, -0.2) is 4.79 Å². The van der Waals surface area contributed by atoms with Crippen molar-refractivity contribution in [3.8, 4) is 0 Å². The molecule has 0 aliphatic rings. The molecule has 0 fully saturated rings. The van der Waals surface area contributed by atoms with Crippen molar-refractivity contribution >= 4 is 39.4 Å². The molecule has 0 aliphatic carbocycles. The zero-order valence-electron chi connectivity index (χ0n) is 9.04. The van der Waals surface area contributed by atoms with Gasteiger partial charge in [-0.1, -0.05) is 18.5 Å².